The molecule has 0 bridgehead atoms. The Morgan fingerprint density at radius 2 is 1.66 bits per heavy atom. The molecule has 1 aliphatic heterocycles. The highest BCUT2D eigenvalue weighted by atomic mass is 32.1. The number of piperidine rings is 1. The number of nitrogens with one attached hydrogen (secondary N) is 1. The van der Waals surface area contributed by atoms with Crippen molar-refractivity contribution in [2.45, 2.75) is 57.9 Å². The molecule has 5 heteroatoms. The first kappa shape index (κ1) is 20.1. The molecule has 1 aromatic heterocycles. The van der Waals surface area contributed by atoms with E-state index in [0.717, 1.165) is 54.8 Å². The van der Waals surface area contributed by atoms with Gasteiger partial charge in [0.05, 0.1) is 4.88 Å². The fourth-order valence-electron chi connectivity index (χ4n) is 4.55. The highest BCUT2D eigenvalue weighted by Gasteiger charge is 2.30. The van der Waals surface area contributed by atoms with Crippen LogP contribution >= 0.6 is 11.3 Å². The third-order valence-corrected chi connectivity index (χ3v) is 7.24. The van der Waals surface area contributed by atoms with Crippen molar-refractivity contribution in [1.82, 2.24) is 10.2 Å². The molecule has 4 nitrogen and oxygen atoms in total. The summed E-state index contributed by atoms with van der Waals surface area (Å²) in [5, 5.41) is 5.20. The van der Waals surface area contributed by atoms with Gasteiger partial charge in [0.2, 0.25) is 5.91 Å². The van der Waals surface area contributed by atoms with Gasteiger partial charge in [-0.15, -0.1) is 11.3 Å². The second-order valence-electron chi connectivity index (χ2n) is 8.44. The zero-order chi connectivity index (χ0) is 20.2. The van der Waals surface area contributed by atoms with Gasteiger partial charge in [0.25, 0.3) is 5.91 Å². The van der Waals surface area contributed by atoms with Crippen LogP contribution in [0.25, 0.3) is 11.1 Å². The van der Waals surface area contributed by atoms with E-state index < -0.39 is 0 Å². The van der Waals surface area contributed by atoms with Crippen LogP contribution in [0.1, 0.15) is 60.2 Å². The van der Waals surface area contributed by atoms with Crippen molar-refractivity contribution in [2.75, 3.05) is 13.1 Å². The molecule has 1 saturated carbocycles. The third kappa shape index (κ3) is 4.72. The lowest BCUT2D eigenvalue weighted by atomic mass is 9.87. The van der Waals surface area contributed by atoms with Crippen LogP contribution in [0.5, 0.6) is 0 Å². The first-order valence-electron chi connectivity index (χ1n) is 10.9. The Morgan fingerprint density at radius 3 is 2.34 bits per heavy atom. The SMILES string of the molecule is Cc1ccc(-c2ccsc2C(=O)NC2CCN(C(=O)C3CCCCC3)CC2)cc1. The average Bonchev–Trinajstić information content (AvgIpc) is 3.25. The van der Waals surface area contributed by atoms with Gasteiger partial charge in [0, 0.05) is 30.6 Å². The minimum atomic E-state index is 0.00707. The lowest BCUT2D eigenvalue weighted by Crippen LogP contribution is -2.48. The van der Waals surface area contributed by atoms with Gasteiger partial charge in [0.1, 0.15) is 0 Å². The summed E-state index contributed by atoms with van der Waals surface area (Å²) in [6.45, 7) is 3.58. The lowest BCUT2D eigenvalue weighted by molar-refractivity contribution is -0.137. The smallest absolute Gasteiger partial charge is 0.262 e. The van der Waals surface area contributed by atoms with E-state index in [1.807, 2.05) is 16.3 Å². The minimum Gasteiger partial charge on any atom is -0.348 e. The van der Waals surface area contributed by atoms with Crippen LogP contribution in [-0.4, -0.2) is 35.8 Å². The summed E-state index contributed by atoms with van der Waals surface area (Å²) in [5.41, 5.74) is 3.29. The molecule has 1 aliphatic carbocycles. The molecule has 2 heterocycles. The molecule has 2 aromatic rings. The van der Waals surface area contributed by atoms with Gasteiger partial charge < -0.3 is 10.2 Å². The zero-order valence-electron chi connectivity index (χ0n) is 17.2. The molecule has 1 aromatic carbocycles. The normalized spacial score (nSPS) is 18.6. The van der Waals surface area contributed by atoms with Gasteiger partial charge in [-0.25, -0.2) is 0 Å². The molecular weight excluding hydrogens is 380 g/mol. The fraction of sp³-hybridized carbons (Fsp3) is 0.500. The Bertz CT molecular complexity index is 844. The molecule has 0 radical (unpaired) electrons. The molecule has 2 fully saturated rings. The Morgan fingerprint density at radius 1 is 0.966 bits per heavy atom. The predicted octanol–water partition coefficient (Wildman–Crippen LogP) is 5.02. The van der Waals surface area contributed by atoms with Gasteiger partial charge in [-0.05, 0) is 49.6 Å². The Labute approximate surface area is 177 Å². The fourth-order valence-corrected chi connectivity index (χ4v) is 5.37. The van der Waals surface area contributed by atoms with E-state index >= 15 is 0 Å². The predicted molar refractivity (Wildman–Crippen MR) is 118 cm³/mol. The minimum absolute atomic E-state index is 0.00707. The Balaban J connectivity index is 1.33. The highest BCUT2D eigenvalue weighted by molar-refractivity contribution is 7.12. The molecule has 2 aliphatic rings. The van der Waals surface area contributed by atoms with Crippen LogP contribution in [0, 0.1) is 12.8 Å². The summed E-state index contributed by atoms with van der Waals surface area (Å²) in [6, 6.07) is 10.5. The van der Waals surface area contributed by atoms with Crippen LogP contribution in [0.15, 0.2) is 35.7 Å². The maximum absolute atomic E-state index is 12.9. The summed E-state index contributed by atoms with van der Waals surface area (Å²) in [5.74, 6) is 0.583. The number of rotatable bonds is 4. The van der Waals surface area contributed by atoms with Gasteiger partial charge >= 0.3 is 0 Å². The van der Waals surface area contributed by atoms with Crippen molar-refractivity contribution in [3.63, 3.8) is 0 Å². The summed E-state index contributed by atoms with van der Waals surface area (Å²) in [7, 11) is 0. The quantitative estimate of drug-likeness (QED) is 0.769. The van der Waals surface area contributed by atoms with Crippen molar-refractivity contribution in [2.24, 2.45) is 5.92 Å². The topological polar surface area (TPSA) is 49.4 Å². The van der Waals surface area contributed by atoms with Crippen molar-refractivity contribution in [3.8, 4) is 11.1 Å². The largest absolute Gasteiger partial charge is 0.348 e. The van der Waals surface area contributed by atoms with E-state index in [0.29, 0.717) is 5.91 Å². The number of carbonyl (C=O) groups is 2. The van der Waals surface area contributed by atoms with Crippen LogP contribution in [0.4, 0.5) is 0 Å². The molecule has 154 valence electrons. The number of carbonyl (C=O) groups excluding carboxylic acids is 2. The average molecular weight is 411 g/mol. The second-order valence-corrected chi connectivity index (χ2v) is 9.35. The van der Waals surface area contributed by atoms with Crippen LogP contribution in [0.3, 0.4) is 0 Å². The summed E-state index contributed by atoms with van der Waals surface area (Å²) >= 11 is 1.49. The second kappa shape index (κ2) is 9.12. The van der Waals surface area contributed by atoms with Gasteiger partial charge in [-0.1, -0.05) is 49.1 Å². The number of hydrogen-bond donors (Lipinski definition) is 1. The van der Waals surface area contributed by atoms with Crippen LogP contribution in [0.2, 0.25) is 0 Å². The number of aryl methyl sites for hydroxylation is 1. The van der Waals surface area contributed by atoms with E-state index in [4.69, 9.17) is 0 Å². The number of likely N-dealkylation sites (tertiary alicyclic amines) is 1. The van der Waals surface area contributed by atoms with Gasteiger partial charge in [-0.2, -0.15) is 0 Å². The molecule has 29 heavy (non-hydrogen) atoms. The number of amides is 2. The maximum Gasteiger partial charge on any atom is 0.262 e. The summed E-state index contributed by atoms with van der Waals surface area (Å²) in [6.07, 6.45) is 7.43. The first-order chi connectivity index (χ1) is 14.1. The van der Waals surface area contributed by atoms with Gasteiger partial charge in [-0.3, -0.25) is 9.59 Å². The molecule has 1 N–H and O–H groups in total. The molecule has 0 unspecified atom stereocenters. The number of benzene rings is 1. The van der Waals surface area contributed by atoms with Crippen molar-refractivity contribution in [1.29, 1.82) is 0 Å². The van der Waals surface area contributed by atoms with E-state index in [1.54, 1.807) is 0 Å². The Hall–Kier alpha value is -2.14. The van der Waals surface area contributed by atoms with E-state index in [1.165, 1.54) is 36.2 Å². The summed E-state index contributed by atoms with van der Waals surface area (Å²) < 4.78 is 0. The van der Waals surface area contributed by atoms with Crippen molar-refractivity contribution >= 4 is 23.2 Å². The molecule has 0 atom stereocenters. The van der Waals surface area contributed by atoms with Crippen LogP contribution < -0.4 is 5.32 Å². The van der Waals surface area contributed by atoms with E-state index in [-0.39, 0.29) is 17.9 Å². The van der Waals surface area contributed by atoms with Gasteiger partial charge in [0.15, 0.2) is 0 Å². The summed E-state index contributed by atoms with van der Waals surface area (Å²) in [4.78, 5) is 28.5. The highest BCUT2D eigenvalue weighted by Crippen LogP contribution is 2.29. The van der Waals surface area contributed by atoms with E-state index in [2.05, 4.69) is 36.5 Å². The monoisotopic (exact) mass is 410 g/mol. The molecule has 0 spiro atoms. The zero-order valence-corrected chi connectivity index (χ0v) is 18.0. The number of nitrogens with zero attached hydrogens (tertiary/aromatic N) is 1. The molecular formula is C24H30N2O2S. The number of hydrogen-bond acceptors (Lipinski definition) is 3. The van der Waals surface area contributed by atoms with Crippen molar-refractivity contribution < 1.29 is 9.59 Å². The van der Waals surface area contributed by atoms with Crippen molar-refractivity contribution in [3.05, 3.63) is 46.2 Å². The number of thiophene rings is 1. The molecule has 2 amide bonds. The Kier molecular flexibility index (Phi) is 6.34. The lowest BCUT2D eigenvalue weighted by Gasteiger charge is -2.35. The van der Waals surface area contributed by atoms with Crippen LogP contribution in [-0.2, 0) is 4.79 Å². The third-order valence-electron chi connectivity index (χ3n) is 6.33. The first-order valence-corrected chi connectivity index (χ1v) is 11.7. The van der Waals surface area contributed by atoms with E-state index in [9.17, 15) is 9.59 Å². The molecule has 1 saturated heterocycles. The molecule has 4 rings (SSSR count). The maximum atomic E-state index is 12.9. The standard InChI is InChI=1S/C24H30N2O2S/c1-17-7-9-18(10-8-17)21-13-16-29-22(21)23(27)25-20-11-14-26(15-12-20)24(28)19-5-3-2-4-6-19/h7-10,13,16,19-20H,2-6,11-12,14-15H2,1H3,(H,25,27).